The number of halogens is 2. The van der Waals surface area contributed by atoms with Crippen molar-refractivity contribution < 1.29 is 14.6 Å². The second-order valence-corrected chi connectivity index (χ2v) is 7.75. The zero-order valence-electron chi connectivity index (χ0n) is 14.5. The van der Waals surface area contributed by atoms with Crippen LogP contribution in [-0.2, 0) is 4.79 Å². The minimum atomic E-state index is -0.706. The molecule has 0 amide bonds. The van der Waals surface area contributed by atoms with Gasteiger partial charge in [-0.05, 0) is 55.8 Å². The minimum absolute atomic E-state index is 0.0611. The molecular formula is C20H21BrClNO3. The van der Waals surface area contributed by atoms with E-state index < -0.39 is 5.97 Å². The molecule has 0 saturated carbocycles. The van der Waals surface area contributed by atoms with Gasteiger partial charge in [0, 0.05) is 15.1 Å². The third kappa shape index (κ3) is 4.05. The van der Waals surface area contributed by atoms with Crippen LogP contribution in [0.1, 0.15) is 30.0 Å². The van der Waals surface area contributed by atoms with Crippen molar-refractivity contribution in [1.82, 2.24) is 4.90 Å². The summed E-state index contributed by atoms with van der Waals surface area (Å²) < 4.78 is 6.60. The fourth-order valence-corrected chi connectivity index (χ4v) is 4.26. The molecule has 1 saturated heterocycles. The van der Waals surface area contributed by atoms with E-state index in [1.807, 2.05) is 36.4 Å². The molecule has 1 fully saturated rings. The number of hydrogen-bond donors (Lipinski definition) is 1. The lowest BCUT2D eigenvalue weighted by Gasteiger charge is -2.38. The summed E-state index contributed by atoms with van der Waals surface area (Å²) in [5.74, 6) is -0.203. The van der Waals surface area contributed by atoms with Gasteiger partial charge in [-0.15, -0.1) is 0 Å². The molecule has 0 aromatic heterocycles. The van der Waals surface area contributed by atoms with Crippen LogP contribution < -0.4 is 4.74 Å². The second-order valence-electron chi connectivity index (χ2n) is 6.46. The molecule has 1 aliphatic heterocycles. The monoisotopic (exact) mass is 437 g/mol. The Morgan fingerprint density at radius 3 is 2.54 bits per heavy atom. The predicted octanol–water partition coefficient (Wildman–Crippen LogP) is 5.00. The average Bonchev–Trinajstić information content (AvgIpc) is 2.64. The molecule has 138 valence electrons. The highest BCUT2D eigenvalue weighted by Crippen LogP contribution is 2.40. The van der Waals surface area contributed by atoms with Crippen LogP contribution in [0.4, 0.5) is 0 Å². The van der Waals surface area contributed by atoms with Crippen LogP contribution in [0.2, 0.25) is 5.02 Å². The summed E-state index contributed by atoms with van der Waals surface area (Å²) in [6.45, 7) is 1.41. The zero-order chi connectivity index (χ0) is 18.7. The molecule has 1 aliphatic rings. The third-order valence-electron chi connectivity index (χ3n) is 4.93. The van der Waals surface area contributed by atoms with Crippen LogP contribution in [0.3, 0.4) is 0 Å². The lowest BCUT2D eigenvalue weighted by molar-refractivity contribution is -0.143. The Kier molecular flexibility index (Phi) is 6.22. The molecule has 4 nitrogen and oxygen atoms in total. The highest BCUT2D eigenvalue weighted by Gasteiger charge is 2.32. The Balaban J connectivity index is 2.03. The summed E-state index contributed by atoms with van der Waals surface area (Å²) in [5.41, 5.74) is 2.10. The Bertz CT molecular complexity index is 790. The van der Waals surface area contributed by atoms with E-state index in [0.29, 0.717) is 31.0 Å². The molecule has 1 heterocycles. The molecule has 0 bridgehead atoms. The number of hydrogen-bond acceptors (Lipinski definition) is 3. The van der Waals surface area contributed by atoms with E-state index in [1.54, 1.807) is 7.11 Å². The van der Waals surface area contributed by atoms with Crippen molar-refractivity contribution in [3.05, 3.63) is 63.1 Å². The number of nitrogens with zero attached hydrogens (tertiary/aromatic N) is 1. The Morgan fingerprint density at radius 1 is 1.23 bits per heavy atom. The van der Waals surface area contributed by atoms with Gasteiger partial charge in [-0.3, -0.25) is 9.69 Å². The van der Waals surface area contributed by atoms with Gasteiger partial charge in [-0.1, -0.05) is 45.7 Å². The van der Waals surface area contributed by atoms with Crippen LogP contribution in [-0.4, -0.2) is 36.2 Å². The second kappa shape index (κ2) is 8.42. The average molecular weight is 439 g/mol. The fraction of sp³-hybridized carbons (Fsp3) is 0.350. The highest BCUT2D eigenvalue weighted by atomic mass is 79.9. The summed E-state index contributed by atoms with van der Waals surface area (Å²) >= 11 is 9.95. The molecule has 2 aromatic rings. The van der Waals surface area contributed by atoms with E-state index in [2.05, 4.69) is 26.9 Å². The number of benzene rings is 2. The minimum Gasteiger partial charge on any atom is -0.496 e. The SMILES string of the molecule is COc1ccc(Cl)cc1C(c1ccccc1Br)N1CCC(C(=O)O)CC1. The summed E-state index contributed by atoms with van der Waals surface area (Å²) in [6, 6.07) is 13.7. The zero-order valence-corrected chi connectivity index (χ0v) is 16.8. The standard InChI is InChI=1S/C20H21BrClNO3/c1-26-18-7-6-14(22)12-16(18)19(15-4-2-3-5-17(15)21)23-10-8-13(9-11-23)20(24)25/h2-7,12-13,19H,8-11H2,1H3,(H,24,25). The van der Waals surface area contributed by atoms with Crippen molar-refractivity contribution in [2.45, 2.75) is 18.9 Å². The molecule has 0 spiro atoms. The largest absolute Gasteiger partial charge is 0.496 e. The molecule has 3 rings (SSSR count). The summed E-state index contributed by atoms with van der Waals surface area (Å²) in [7, 11) is 1.65. The van der Waals surface area contributed by atoms with Gasteiger partial charge in [0.25, 0.3) is 0 Å². The topological polar surface area (TPSA) is 49.8 Å². The summed E-state index contributed by atoms with van der Waals surface area (Å²) in [6.07, 6.45) is 1.28. The quantitative estimate of drug-likeness (QED) is 0.714. The van der Waals surface area contributed by atoms with E-state index in [-0.39, 0.29) is 12.0 Å². The predicted molar refractivity (Wildman–Crippen MR) is 106 cm³/mol. The molecule has 1 N–H and O–H groups in total. The normalized spacial score (nSPS) is 17.0. The first-order chi connectivity index (χ1) is 12.5. The van der Waals surface area contributed by atoms with Crippen molar-refractivity contribution in [3.63, 3.8) is 0 Å². The van der Waals surface area contributed by atoms with Crippen molar-refractivity contribution in [1.29, 1.82) is 0 Å². The fourth-order valence-electron chi connectivity index (χ4n) is 3.58. The molecule has 26 heavy (non-hydrogen) atoms. The van der Waals surface area contributed by atoms with Gasteiger partial charge >= 0.3 is 5.97 Å². The van der Waals surface area contributed by atoms with E-state index >= 15 is 0 Å². The van der Waals surface area contributed by atoms with Crippen LogP contribution in [0.5, 0.6) is 5.75 Å². The van der Waals surface area contributed by atoms with Gasteiger partial charge in [-0.2, -0.15) is 0 Å². The lowest BCUT2D eigenvalue weighted by Crippen LogP contribution is -2.39. The van der Waals surface area contributed by atoms with E-state index in [4.69, 9.17) is 16.3 Å². The number of piperidine rings is 1. The maximum Gasteiger partial charge on any atom is 0.306 e. The Morgan fingerprint density at radius 2 is 1.92 bits per heavy atom. The summed E-state index contributed by atoms with van der Waals surface area (Å²) in [4.78, 5) is 13.6. The van der Waals surface area contributed by atoms with E-state index in [9.17, 15) is 9.90 Å². The van der Waals surface area contributed by atoms with E-state index in [0.717, 1.165) is 21.3 Å². The van der Waals surface area contributed by atoms with Crippen LogP contribution in [0, 0.1) is 5.92 Å². The van der Waals surface area contributed by atoms with Gasteiger partial charge in [-0.25, -0.2) is 0 Å². The first-order valence-corrected chi connectivity index (χ1v) is 9.73. The van der Waals surface area contributed by atoms with Crippen molar-refractivity contribution in [3.8, 4) is 5.75 Å². The molecule has 1 atom stereocenters. The van der Waals surface area contributed by atoms with Gasteiger partial charge in [0.2, 0.25) is 0 Å². The van der Waals surface area contributed by atoms with Crippen LogP contribution >= 0.6 is 27.5 Å². The number of carboxylic acids is 1. The number of aliphatic carboxylic acids is 1. The first kappa shape index (κ1) is 19.2. The lowest BCUT2D eigenvalue weighted by atomic mass is 9.91. The number of rotatable bonds is 5. The van der Waals surface area contributed by atoms with Crippen molar-refractivity contribution >= 4 is 33.5 Å². The number of carboxylic acid groups (broad SMARTS) is 1. The molecule has 1 unspecified atom stereocenters. The maximum absolute atomic E-state index is 11.3. The molecule has 6 heteroatoms. The maximum atomic E-state index is 11.3. The van der Waals surface area contributed by atoms with Crippen molar-refractivity contribution in [2.75, 3.05) is 20.2 Å². The number of methoxy groups -OCH3 is 1. The third-order valence-corrected chi connectivity index (χ3v) is 5.89. The Hall–Kier alpha value is -1.56. The number of carbonyl (C=O) groups is 1. The van der Waals surface area contributed by atoms with Gasteiger partial charge in [0.15, 0.2) is 0 Å². The van der Waals surface area contributed by atoms with Gasteiger partial charge < -0.3 is 9.84 Å². The van der Waals surface area contributed by atoms with Gasteiger partial charge in [0.1, 0.15) is 5.75 Å². The smallest absolute Gasteiger partial charge is 0.306 e. The number of likely N-dealkylation sites (tertiary alicyclic amines) is 1. The van der Waals surface area contributed by atoms with Crippen LogP contribution in [0.15, 0.2) is 46.9 Å². The number of ether oxygens (including phenoxy) is 1. The molecule has 0 radical (unpaired) electrons. The highest BCUT2D eigenvalue weighted by molar-refractivity contribution is 9.10. The van der Waals surface area contributed by atoms with Crippen molar-refractivity contribution in [2.24, 2.45) is 5.92 Å². The first-order valence-electron chi connectivity index (χ1n) is 8.56. The molecule has 2 aromatic carbocycles. The summed E-state index contributed by atoms with van der Waals surface area (Å²) in [5, 5.41) is 9.95. The molecule has 0 aliphatic carbocycles. The van der Waals surface area contributed by atoms with Crippen LogP contribution in [0.25, 0.3) is 0 Å². The van der Waals surface area contributed by atoms with Gasteiger partial charge in [0.05, 0.1) is 19.1 Å². The molecular weight excluding hydrogens is 418 g/mol. The Labute approximate surface area is 166 Å². The van der Waals surface area contributed by atoms with E-state index in [1.165, 1.54) is 0 Å².